The first-order valence-corrected chi connectivity index (χ1v) is 7.80. The topological polar surface area (TPSA) is 55.1 Å². The number of nitrogens with one attached hydrogen (secondary N) is 1. The van der Waals surface area contributed by atoms with E-state index in [4.69, 9.17) is 5.73 Å². The Morgan fingerprint density at radius 2 is 1.76 bits per heavy atom. The number of carbonyl (C=O) groups is 1. The summed E-state index contributed by atoms with van der Waals surface area (Å²) in [5.74, 6) is -0.188. The Balaban J connectivity index is 2.55. The van der Waals surface area contributed by atoms with Crippen LogP contribution in [0.1, 0.15) is 45.1 Å². The van der Waals surface area contributed by atoms with E-state index < -0.39 is 5.41 Å². The third-order valence-corrected chi connectivity index (χ3v) is 3.94. The van der Waals surface area contributed by atoms with Gasteiger partial charge in [-0.1, -0.05) is 38.8 Å². The molecule has 0 saturated heterocycles. The average Bonchev–Trinajstić information content (AvgIpc) is 2.48. The monoisotopic (exact) mass is 294 g/mol. The maximum Gasteiger partial charge on any atom is 0.227 e. The third kappa shape index (κ3) is 5.12. The summed E-state index contributed by atoms with van der Waals surface area (Å²) in [5, 5.41) is 2.99. The highest BCUT2D eigenvalue weighted by molar-refractivity contribution is 5.82. The highest BCUT2D eigenvalue weighted by Crippen LogP contribution is 2.29. The van der Waals surface area contributed by atoms with Crippen LogP contribution in [0.2, 0.25) is 0 Å². The molecule has 3 N–H and O–H groups in total. The molecule has 0 radical (unpaired) electrons. The van der Waals surface area contributed by atoms with Crippen molar-refractivity contribution in [1.29, 1.82) is 0 Å². The van der Waals surface area contributed by atoms with Gasteiger partial charge in [0.05, 0.1) is 5.41 Å². The van der Waals surface area contributed by atoms with Crippen molar-refractivity contribution < 1.29 is 9.18 Å². The molecule has 0 aliphatic carbocycles. The number of benzene rings is 1. The molecule has 1 aromatic carbocycles. The number of hydrogen-bond acceptors (Lipinski definition) is 2. The fraction of sp³-hybridized carbons (Fsp3) is 0.588. The van der Waals surface area contributed by atoms with Crippen LogP contribution in [0, 0.1) is 11.2 Å². The Bertz CT molecular complexity index is 425. The zero-order valence-corrected chi connectivity index (χ0v) is 13.1. The van der Waals surface area contributed by atoms with Gasteiger partial charge in [-0.3, -0.25) is 4.79 Å². The van der Waals surface area contributed by atoms with Crippen molar-refractivity contribution in [3.63, 3.8) is 0 Å². The smallest absolute Gasteiger partial charge is 0.227 e. The van der Waals surface area contributed by atoms with Gasteiger partial charge >= 0.3 is 0 Å². The molecular formula is C17H27FN2O. The molecule has 0 spiro atoms. The molecule has 0 heterocycles. The predicted molar refractivity (Wildman–Crippen MR) is 84.4 cm³/mol. The van der Waals surface area contributed by atoms with E-state index in [0.29, 0.717) is 19.5 Å². The van der Waals surface area contributed by atoms with Gasteiger partial charge in [-0.25, -0.2) is 4.39 Å². The maximum atomic E-state index is 12.8. The Labute approximate surface area is 127 Å². The van der Waals surface area contributed by atoms with Crippen molar-refractivity contribution in [1.82, 2.24) is 5.32 Å². The van der Waals surface area contributed by atoms with Crippen LogP contribution in [0.3, 0.4) is 0 Å². The first-order chi connectivity index (χ1) is 10.1. The Hall–Kier alpha value is -1.42. The minimum atomic E-state index is -0.438. The van der Waals surface area contributed by atoms with Crippen molar-refractivity contribution in [2.24, 2.45) is 11.1 Å². The van der Waals surface area contributed by atoms with Crippen molar-refractivity contribution in [2.45, 2.75) is 46.0 Å². The maximum absolute atomic E-state index is 12.8. The molecule has 0 aromatic heterocycles. The van der Waals surface area contributed by atoms with Gasteiger partial charge in [-0.15, -0.1) is 0 Å². The Morgan fingerprint density at radius 3 is 2.24 bits per heavy atom. The third-order valence-electron chi connectivity index (χ3n) is 3.94. The fourth-order valence-electron chi connectivity index (χ4n) is 2.76. The van der Waals surface area contributed by atoms with E-state index in [2.05, 4.69) is 19.2 Å². The van der Waals surface area contributed by atoms with E-state index in [1.807, 2.05) is 0 Å². The summed E-state index contributed by atoms with van der Waals surface area (Å²) >= 11 is 0. The molecule has 1 rings (SSSR count). The first-order valence-electron chi connectivity index (χ1n) is 7.80. The lowest BCUT2D eigenvalue weighted by Crippen LogP contribution is -2.46. The summed E-state index contributed by atoms with van der Waals surface area (Å²) < 4.78 is 12.8. The van der Waals surface area contributed by atoms with Crippen molar-refractivity contribution in [2.75, 3.05) is 13.1 Å². The minimum absolute atomic E-state index is 0.0517. The molecule has 0 bridgehead atoms. The summed E-state index contributed by atoms with van der Waals surface area (Å²) in [6, 6.07) is 6.37. The van der Waals surface area contributed by atoms with Crippen LogP contribution in [0.4, 0.5) is 4.39 Å². The number of hydrogen-bond donors (Lipinski definition) is 2. The van der Waals surface area contributed by atoms with Crippen LogP contribution in [-0.2, 0) is 11.2 Å². The molecule has 1 aromatic rings. The molecular weight excluding hydrogens is 267 g/mol. The first kappa shape index (κ1) is 17.6. The quantitative estimate of drug-likeness (QED) is 0.735. The van der Waals surface area contributed by atoms with Crippen LogP contribution in [0.25, 0.3) is 0 Å². The summed E-state index contributed by atoms with van der Waals surface area (Å²) in [4.78, 5) is 12.5. The Morgan fingerprint density at radius 1 is 1.19 bits per heavy atom. The number of carbonyl (C=O) groups excluding carboxylic acids is 1. The highest BCUT2D eigenvalue weighted by atomic mass is 19.1. The molecule has 0 saturated carbocycles. The van der Waals surface area contributed by atoms with Gasteiger partial charge in [-0.2, -0.15) is 0 Å². The molecule has 0 atom stereocenters. The molecule has 4 heteroatoms. The van der Waals surface area contributed by atoms with Crippen molar-refractivity contribution in [3.05, 3.63) is 35.6 Å². The highest BCUT2D eigenvalue weighted by Gasteiger charge is 2.34. The largest absolute Gasteiger partial charge is 0.355 e. The van der Waals surface area contributed by atoms with Crippen LogP contribution >= 0.6 is 0 Å². The van der Waals surface area contributed by atoms with Gasteiger partial charge in [0.15, 0.2) is 0 Å². The summed E-state index contributed by atoms with van der Waals surface area (Å²) in [6.45, 7) is 5.09. The standard InChI is InChI=1S/C17H27FN2O/c1-3-10-17(13-19,11-4-2)16(21)20-12-9-14-5-7-15(18)8-6-14/h5-8H,3-4,9-13,19H2,1-2H3,(H,20,21). The second-order valence-electron chi connectivity index (χ2n) is 5.62. The van der Waals surface area contributed by atoms with Gasteiger partial charge in [-0.05, 0) is 37.0 Å². The summed E-state index contributed by atoms with van der Waals surface area (Å²) in [7, 11) is 0. The lowest BCUT2D eigenvalue weighted by molar-refractivity contribution is -0.131. The van der Waals surface area contributed by atoms with Crippen LogP contribution < -0.4 is 11.1 Å². The summed E-state index contributed by atoms with van der Waals surface area (Å²) in [6.07, 6.45) is 4.23. The molecule has 0 aliphatic heterocycles. The van der Waals surface area contributed by atoms with Gasteiger partial charge in [0.1, 0.15) is 5.82 Å². The Kier molecular flexibility index (Phi) is 7.37. The number of halogens is 1. The fourth-order valence-corrected chi connectivity index (χ4v) is 2.76. The second-order valence-corrected chi connectivity index (χ2v) is 5.62. The van der Waals surface area contributed by atoms with Crippen LogP contribution in [-0.4, -0.2) is 19.0 Å². The van der Waals surface area contributed by atoms with E-state index >= 15 is 0 Å². The van der Waals surface area contributed by atoms with Gasteiger partial charge in [0, 0.05) is 13.1 Å². The average molecular weight is 294 g/mol. The normalized spacial score (nSPS) is 11.4. The molecule has 0 unspecified atom stereocenters. The van der Waals surface area contributed by atoms with E-state index in [9.17, 15) is 9.18 Å². The minimum Gasteiger partial charge on any atom is -0.355 e. The van der Waals surface area contributed by atoms with E-state index in [1.165, 1.54) is 12.1 Å². The number of rotatable bonds is 9. The molecule has 3 nitrogen and oxygen atoms in total. The van der Waals surface area contributed by atoms with Gasteiger partial charge in [0.25, 0.3) is 0 Å². The van der Waals surface area contributed by atoms with E-state index in [-0.39, 0.29) is 11.7 Å². The number of amides is 1. The van der Waals surface area contributed by atoms with Crippen molar-refractivity contribution >= 4 is 5.91 Å². The summed E-state index contributed by atoms with van der Waals surface area (Å²) in [5.41, 5.74) is 6.45. The predicted octanol–water partition coefficient (Wildman–Crippen LogP) is 3.03. The van der Waals surface area contributed by atoms with Crippen molar-refractivity contribution in [3.8, 4) is 0 Å². The van der Waals surface area contributed by atoms with E-state index in [0.717, 1.165) is 31.2 Å². The SMILES string of the molecule is CCCC(CN)(CCC)C(=O)NCCc1ccc(F)cc1. The van der Waals surface area contributed by atoms with Gasteiger partial charge < -0.3 is 11.1 Å². The van der Waals surface area contributed by atoms with Crippen LogP contribution in [0.5, 0.6) is 0 Å². The molecule has 0 fully saturated rings. The second kappa shape index (κ2) is 8.78. The van der Waals surface area contributed by atoms with Crippen LogP contribution in [0.15, 0.2) is 24.3 Å². The van der Waals surface area contributed by atoms with E-state index in [1.54, 1.807) is 12.1 Å². The zero-order chi connectivity index (χ0) is 15.7. The molecule has 21 heavy (non-hydrogen) atoms. The molecule has 118 valence electrons. The molecule has 1 amide bonds. The molecule has 0 aliphatic rings. The number of nitrogens with two attached hydrogens (primary N) is 1. The van der Waals surface area contributed by atoms with Gasteiger partial charge in [0.2, 0.25) is 5.91 Å². The lowest BCUT2D eigenvalue weighted by atomic mass is 9.78. The lowest BCUT2D eigenvalue weighted by Gasteiger charge is -2.30. The zero-order valence-electron chi connectivity index (χ0n) is 13.1.